The second kappa shape index (κ2) is 5.45. The monoisotopic (exact) mass is 276 g/mol. The molecule has 0 spiro atoms. The summed E-state index contributed by atoms with van der Waals surface area (Å²) in [6.07, 6.45) is 0. The summed E-state index contributed by atoms with van der Waals surface area (Å²) >= 11 is 5.92. The third kappa shape index (κ3) is 3.35. The summed E-state index contributed by atoms with van der Waals surface area (Å²) in [4.78, 5) is 10.4. The Balaban J connectivity index is 2.30. The van der Waals surface area contributed by atoms with E-state index in [1.54, 1.807) is 6.07 Å². The maximum absolute atomic E-state index is 5.92. The molecule has 0 aliphatic heterocycles. The lowest BCUT2D eigenvalue weighted by atomic mass is 10.1. The molecule has 0 bridgehead atoms. The lowest BCUT2D eigenvalue weighted by molar-refractivity contribution is 1.06. The summed E-state index contributed by atoms with van der Waals surface area (Å²) in [5.41, 5.74) is 3.37. The van der Waals surface area contributed by atoms with E-state index in [9.17, 15) is 0 Å². The molecule has 5 heteroatoms. The molecule has 1 N–H and O–H groups in total. The summed E-state index contributed by atoms with van der Waals surface area (Å²) in [6, 6.07) is 7.89. The molecule has 2 rings (SSSR count). The van der Waals surface area contributed by atoms with Crippen LogP contribution in [-0.4, -0.2) is 24.1 Å². The fourth-order valence-corrected chi connectivity index (χ4v) is 2.14. The number of benzene rings is 1. The molecule has 0 saturated carbocycles. The van der Waals surface area contributed by atoms with Gasteiger partial charge in [0.05, 0.1) is 0 Å². The van der Waals surface area contributed by atoms with E-state index < -0.39 is 0 Å². The average Bonchev–Trinajstić information content (AvgIpc) is 2.30. The van der Waals surface area contributed by atoms with Gasteiger partial charge in [-0.2, -0.15) is 0 Å². The van der Waals surface area contributed by atoms with Crippen molar-refractivity contribution in [1.82, 2.24) is 9.97 Å². The van der Waals surface area contributed by atoms with Crippen LogP contribution >= 0.6 is 11.6 Å². The Kier molecular flexibility index (Phi) is 3.90. The summed E-state index contributed by atoms with van der Waals surface area (Å²) in [5.74, 6) is 1.35. The molecule has 0 unspecified atom stereocenters. The second-order valence-corrected chi connectivity index (χ2v) is 5.03. The number of aromatic nitrogens is 2. The van der Waals surface area contributed by atoms with Gasteiger partial charge in [-0.05, 0) is 31.5 Å². The van der Waals surface area contributed by atoms with Gasteiger partial charge in [0.2, 0.25) is 0 Å². The highest BCUT2D eigenvalue weighted by molar-refractivity contribution is 6.29. The van der Waals surface area contributed by atoms with Crippen molar-refractivity contribution < 1.29 is 0 Å². The van der Waals surface area contributed by atoms with E-state index in [1.807, 2.05) is 27.1 Å². The van der Waals surface area contributed by atoms with Crippen molar-refractivity contribution in [2.45, 2.75) is 13.8 Å². The Morgan fingerprint density at radius 3 is 2.47 bits per heavy atom. The van der Waals surface area contributed by atoms with E-state index in [1.165, 1.54) is 11.3 Å². The standard InChI is InChI=1S/C14H17ClN4/c1-9-5-6-11(7-12(9)19(3)4)18-14-8-13(15)16-10(2)17-14/h5-8H,1-4H3,(H,16,17,18). The summed E-state index contributed by atoms with van der Waals surface area (Å²) in [5, 5.41) is 3.69. The van der Waals surface area contributed by atoms with Gasteiger partial charge in [0.15, 0.2) is 0 Å². The van der Waals surface area contributed by atoms with Gasteiger partial charge in [-0.15, -0.1) is 0 Å². The number of aryl methyl sites for hydroxylation is 2. The van der Waals surface area contributed by atoms with E-state index in [-0.39, 0.29) is 0 Å². The fraction of sp³-hybridized carbons (Fsp3) is 0.286. The van der Waals surface area contributed by atoms with Gasteiger partial charge in [-0.25, -0.2) is 9.97 Å². The van der Waals surface area contributed by atoms with E-state index in [0.29, 0.717) is 16.8 Å². The molecule has 0 aliphatic carbocycles. The second-order valence-electron chi connectivity index (χ2n) is 4.64. The van der Waals surface area contributed by atoms with Crippen molar-refractivity contribution in [3.8, 4) is 0 Å². The smallest absolute Gasteiger partial charge is 0.135 e. The molecule has 100 valence electrons. The van der Waals surface area contributed by atoms with Gasteiger partial charge in [0.1, 0.15) is 16.8 Å². The number of hydrogen-bond donors (Lipinski definition) is 1. The van der Waals surface area contributed by atoms with Crippen LogP contribution in [0.15, 0.2) is 24.3 Å². The molecule has 1 aromatic heterocycles. The summed E-state index contributed by atoms with van der Waals surface area (Å²) < 4.78 is 0. The van der Waals surface area contributed by atoms with Crippen LogP contribution in [0, 0.1) is 13.8 Å². The summed E-state index contributed by atoms with van der Waals surface area (Å²) in [7, 11) is 4.05. The molecule has 0 radical (unpaired) electrons. The Morgan fingerprint density at radius 2 is 1.84 bits per heavy atom. The van der Waals surface area contributed by atoms with Crippen LogP contribution in [0.4, 0.5) is 17.2 Å². The van der Waals surface area contributed by atoms with Crippen molar-refractivity contribution in [3.05, 3.63) is 40.8 Å². The largest absolute Gasteiger partial charge is 0.377 e. The first kappa shape index (κ1) is 13.6. The summed E-state index contributed by atoms with van der Waals surface area (Å²) in [6.45, 7) is 3.91. The molecule has 0 saturated heterocycles. The molecule has 0 fully saturated rings. The highest BCUT2D eigenvalue weighted by Gasteiger charge is 2.04. The van der Waals surface area contributed by atoms with E-state index in [0.717, 1.165) is 5.69 Å². The molecular formula is C14H17ClN4. The molecule has 0 amide bonds. The van der Waals surface area contributed by atoms with Crippen LogP contribution in [-0.2, 0) is 0 Å². The predicted octanol–water partition coefficient (Wildman–Crippen LogP) is 3.56. The molecule has 4 nitrogen and oxygen atoms in total. The fourth-order valence-electron chi connectivity index (χ4n) is 1.91. The zero-order chi connectivity index (χ0) is 14.0. The topological polar surface area (TPSA) is 41.1 Å². The maximum Gasteiger partial charge on any atom is 0.135 e. The Bertz CT molecular complexity index is 576. The minimum atomic E-state index is 0.440. The normalized spacial score (nSPS) is 10.4. The van der Waals surface area contributed by atoms with Crippen LogP contribution in [0.3, 0.4) is 0 Å². The zero-order valence-corrected chi connectivity index (χ0v) is 12.3. The highest BCUT2D eigenvalue weighted by atomic mass is 35.5. The van der Waals surface area contributed by atoms with Crippen molar-refractivity contribution in [3.63, 3.8) is 0 Å². The number of hydrogen-bond acceptors (Lipinski definition) is 4. The van der Waals surface area contributed by atoms with Gasteiger partial charge >= 0.3 is 0 Å². The SMILES string of the molecule is Cc1nc(Cl)cc(Nc2ccc(C)c(N(C)C)c2)n1. The maximum atomic E-state index is 5.92. The Hall–Kier alpha value is -1.81. The van der Waals surface area contributed by atoms with E-state index >= 15 is 0 Å². The molecule has 0 atom stereocenters. The van der Waals surface area contributed by atoms with Gasteiger partial charge in [-0.3, -0.25) is 0 Å². The third-order valence-electron chi connectivity index (χ3n) is 2.77. The van der Waals surface area contributed by atoms with Crippen LogP contribution in [0.2, 0.25) is 5.15 Å². The molecule has 1 aromatic carbocycles. The van der Waals surface area contributed by atoms with Gasteiger partial charge in [0, 0.05) is 31.5 Å². The Morgan fingerprint density at radius 1 is 1.11 bits per heavy atom. The van der Waals surface area contributed by atoms with E-state index in [2.05, 4.69) is 39.2 Å². The molecule has 19 heavy (non-hydrogen) atoms. The number of halogens is 1. The third-order valence-corrected chi connectivity index (χ3v) is 2.96. The Labute approximate surface area is 118 Å². The van der Waals surface area contributed by atoms with Gasteiger partial charge in [-0.1, -0.05) is 17.7 Å². The number of nitrogens with one attached hydrogen (secondary N) is 1. The number of nitrogens with zero attached hydrogens (tertiary/aromatic N) is 3. The van der Waals surface area contributed by atoms with Crippen LogP contribution in [0.5, 0.6) is 0 Å². The highest BCUT2D eigenvalue weighted by Crippen LogP contribution is 2.25. The first-order chi connectivity index (χ1) is 8.95. The van der Waals surface area contributed by atoms with Gasteiger partial charge < -0.3 is 10.2 Å². The lowest BCUT2D eigenvalue weighted by Gasteiger charge is -2.17. The van der Waals surface area contributed by atoms with Gasteiger partial charge in [0.25, 0.3) is 0 Å². The lowest BCUT2D eigenvalue weighted by Crippen LogP contribution is -2.10. The minimum Gasteiger partial charge on any atom is -0.377 e. The average molecular weight is 277 g/mol. The van der Waals surface area contributed by atoms with E-state index in [4.69, 9.17) is 11.6 Å². The van der Waals surface area contributed by atoms with Crippen molar-refractivity contribution >= 4 is 28.8 Å². The quantitative estimate of drug-likeness (QED) is 0.871. The van der Waals surface area contributed by atoms with Crippen LogP contribution in [0.25, 0.3) is 0 Å². The zero-order valence-electron chi connectivity index (χ0n) is 11.5. The molecule has 1 heterocycles. The predicted molar refractivity (Wildman–Crippen MR) is 80.6 cm³/mol. The molecule has 0 aliphatic rings. The van der Waals surface area contributed by atoms with Crippen LogP contribution < -0.4 is 10.2 Å². The minimum absolute atomic E-state index is 0.440. The molecular weight excluding hydrogens is 260 g/mol. The van der Waals surface area contributed by atoms with Crippen molar-refractivity contribution in [2.24, 2.45) is 0 Å². The number of rotatable bonds is 3. The number of anilines is 3. The van der Waals surface area contributed by atoms with Crippen molar-refractivity contribution in [2.75, 3.05) is 24.3 Å². The van der Waals surface area contributed by atoms with Crippen molar-refractivity contribution in [1.29, 1.82) is 0 Å². The van der Waals surface area contributed by atoms with Crippen LogP contribution in [0.1, 0.15) is 11.4 Å². The molecule has 2 aromatic rings. The first-order valence-corrected chi connectivity index (χ1v) is 6.39. The first-order valence-electron chi connectivity index (χ1n) is 6.02.